The van der Waals surface area contributed by atoms with E-state index in [0.29, 0.717) is 6.54 Å². The third-order valence-electron chi connectivity index (χ3n) is 1.69. The standard InChI is InChI=1S/C9H22N2O3S/c1-8(2)6-10-15(13,14)11(5)7-9(3,4)12/h8,10,12H,6-7H2,1-5H3. The Balaban J connectivity index is 4.34. The van der Waals surface area contributed by atoms with Crippen LogP contribution in [-0.4, -0.2) is 43.6 Å². The number of nitrogens with one attached hydrogen (secondary N) is 1. The molecule has 0 aromatic carbocycles. The molecule has 0 rings (SSSR count). The quantitative estimate of drug-likeness (QED) is 0.693. The Morgan fingerprint density at radius 1 is 1.40 bits per heavy atom. The highest BCUT2D eigenvalue weighted by Crippen LogP contribution is 2.06. The molecule has 0 amide bonds. The third-order valence-corrected chi connectivity index (χ3v) is 3.18. The van der Waals surface area contributed by atoms with Gasteiger partial charge in [-0.15, -0.1) is 0 Å². The molecule has 0 heterocycles. The zero-order valence-electron chi connectivity index (χ0n) is 10.1. The fourth-order valence-electron chi connectivity index (χ4n) is 1.01. The van der Waals surface area contributed by atoms with E-state index in [1.165, 1.54) is 7.05 Å². The van der Waals surface area contributed by atoms with E-state index in [1.807, 2.05) is 13.8 Å². The molecule has 0 saturated carbocycles. The second-order valence-corrected chi connectivity index (χ2v) is 6.68. The van der Waals surface area contributed by atoms with Gasteiger partial charge in [0.25, 0.3) is 10.2 Å². The molecule has 2 N–H and O–H groups in total. The predicted octanol–water partition coefficient (Wildman–Crippen LogP) is 0.179. The molecule has 0 aliphatic carbocycles. The van der Waals surface area contributed by atoms with Gasteiger partial charge in [-0.1, -0.05) is 13.8 Å². The molecule has 0 aliphatic heterocycles. The van der Waals surface area contributed by atoms with E-state index in [4.69, 9.17) is 0 Å². The van der Waals surface area contributed by atoms with Gasteiger partial charge in [-0.05, 0) is 19.8 Å². The lowest BCUT2D eigenvalue weighted by Crippen LogP contribution is -2.45. The number of aliphatic hydroxyl groups is 1. The van der Waals surface area contributed by atoms with Gasteiger partial charge in [0.05, 0.1) is 5.60 Å². The van der Waals surface area contributed by atoms with E-state index in [0.717, 1.165) is 4.31 Å². The van der Waals surface area contributed by atoms with Crippen LogP contribution in [-0.2, 0) is 10.2 Å². The summed E-state index contributed by atoms with van der Waals surface area (Å²) in [5, 5.41) is 9.49. The first kappa shape index (κ1) is 14.8. The second kappa shape index (κ2) is 5.25. The predicted molar refractivity (Wildman–Crippen MR) is 60.7 cm³/mol. The van der Waals surface area contributed by atoms with Crippen LogP contribution in [0.25, 0.3) is 0 Å². The molecule has 0 atom stereocenters. The summed E-state index contributed by atoms with van der Waals surface area (Å²) in [6.45, 7) is 7.47. The van der Waals surface area contributed by atoms with Gasteiger partial charge in [-0.25, -0.2) is 4.72 Å². The maximum atomic E-state index is 11.6. The Bertz CT molecular complexity index is 280. The second-order valence-electron chi connectivity index (χ2n) is 4.82. The van der Waals surface area contributed by atoms with Crippen molar-refractivity contribution in [3.63, 3.8) is 0 Å². The van der Waals surface area contributed by atoms with Gasteiger partial charge in [0.1, 0.15) is 0 Å². The number of hydrogen-bond donors (Lipinski definition) is 2. The zero-order chi connectivity index (χ0) is 12.3. The van der Waals surface area contributed by atoms with E-state index < -0.39 is 15.8 Å². The molecule has 5 nitrogen and oxygen atoms in total. The molecular weight excluding hydrogens is 216 g/mol. The van der Waals surface area contributed by atoms with Gasteiger partial charge in [-0.2, -0.15) is 12.7 Å². The van der Waals surface area contributed by atoms with Crippen molar-refractivity contribution < 1.29 is 13.5 Å². The Kier molecular flexibility index (Phi) is 5.19. The summed E-state index contributed by atoms with van der Waals surface area (Å²) >= 11 is 0. The van der Waals surface area contributed by atoms with E-state index in [1.54, 1.807) is 13.8 Å². The first-order valence-electron chi connectivity index (χ1n) is 4.98. The van der Waals surface area contributed by atoms with Gasteiger partial charge in [-0.3, -0.25) is 0 Å². The SMILES string of the molecule is CC(C)CNS(=O)(=O)N(C)CC(C)(C)O. The largest absolute Gasteiger partial charge is 0.389 e. The van der Waals surface area contributed by atoms with Crippen molar-refractivity contribution in [1.82, 2.24) is 9.03 Å². The Labute approximate surface area is 92.7 Å². The van der Waals surface area contributed by atoms with E-state index in [9.17, 15) is 13.5 Å². The molecule has 0 aromatic rings. The fourth-order valence-corrected chi connectivity index (χ4v) is 2.26. The molecular formula is C9H22N2O3S. The lowest BCUT2D eigenvalue weighted by atomic mass is 10.1. The summed E-state index contributed by atoms with van der Waals surface area (Å²) in [6.07, 6.45) is 0. The normalized spacial score (nSPS) is 13.9. The lowest BCUT2D eigenvalue weighted by molar-refractivity contribution is 0.0637. The van der Waals surface area contributed by atoms with Crippen molar-refractivity contribution in [3.05, 3.63) is 0 Å². The molecule has 0 saturated heterocycles. The van der Waals surface area contributed by atoms with Crippen molar-refractivity contribution in [2.24, 2.45) is 5.92 Å². The Morgan fingerprint density at radius 2 is 1.87 bits per heavy atom. The van der Waals surface area contributed by atoms with Crippen LogP contribution in [0.2, 0.25) is 0 Å². The van der Waals surface area contributed by atoms with E-state index in [2.05, 4.69) is 4.72 Å². The van der Waals surface area contributed by atoms with Gasteiger partial charge >= 0.3 is 0 Å². The van der Waals surface area contributed by atoms with Crippen LogP contribution in [0.15, 0.2) is 0 Å². The molecule has 92 valence electrons. The highest BCUT2D eigenvalue weighted by molar-refractivity contribution is 7.87. The number of rotatable bonds is 6. The first-order valence-corrected chi connectivity index (χ1v) is 6.42. The van der Waals surface area contributed by atoms with Crippen LogP contribution < -0.4 is 4.72 Å². The van der Waals surface area contributed by atoms with Gasteiger partial charge in [0.15, 0.2) is 0 Å². The van der Waals surface area contributed by atoms with Gasteiger partial charge < -0.3 is 5.11 Å². The summed E-state index contributed by atoms with van der Waals surface area (Å²) in [6, 6.07) is 0. The molecule has 6 heteroatoms. The maximum absolute atomic E-state index is 11.6. The van der Waals surface area contributed by atoms with Gasteiger partial charge in [0, 0.05) is 20.1 Å². The van der Waals surface area contributed by atoms with Crippen molar-refractivity contribution >= 4 is 10.2 Å². The van der Waals surface area contributed by atoms with Crippen LogP contribution in [0.1, 0.15) is 27.7 Å². The van der Waals surface area contributed by atoms with Crippen molar-refractivity contribution in [2.45, 2.75) is 33.3 Å². The van der Waals surface area contributed by atoms with Gasteiger partial charge in [0.2, 0.25) is 0 Å². The first-order chi connectivity index (χ1) is 6.54. The molecule has 0 fully saturated rings. The van der Waals surface area contributed by atoms with Crippen LogP contribution in [0.5, 0.6) is 0 Å². The fraction of sp³-hybridized carbons (Fsp3) is 1.00. The van der Waals surface area contributed by atoms with Crippen LogP contribution in [0, 0.1) is 5.92 Å². The minimum absolute atomic E-state index is 0.0699. The van der Waals surface area contributed by atoms with Crippen LogP contribution in [0.3, 0.4) is 0 Å². The number of nitrogens with zero attached hydrogens (tertiary/aromatic N) is 1. The van der Waals surface area contributed by atoms with E-state index in [-0.39, 0.29) is 12.5 Å². The topological polar surface area (TPSA) is 69.6 Å². The van der Waals surface area contributed by atoms with Crippen molar-refractivity contribution in [3.8, 4) is 0 Å². The summed E-state index contributed by atoms with van der Waals surface area (Å²) < 4.78 is 26.8. The summed E-state index contributed by atoms with van der Waals surface area (Å²) in [5.74, 6) is 0.260. The lowest BCUT2D eigenvalue weighted by Gasteiger charge is -2.25. The molecule has 0 unspecified atom stereocenters. The molecule has 15 heavy (non-hydrogen) atoms. The molecule has 0 radical (unpaired) electrons. The Morgan fingerprint density at radius 3 is 2.20 bits per heavy atom. The zero-order valence-corrected chi connectivity index (χ0v) is 10.9. The molecule has 0 aliphatic rings. The summed E-state index contributed by atoms with van der Waals surface area (Å²) in [4.78, 5) is 0. The maximum Gasteiger partial charge on any atom is 0.279 e. The smallest absolute Gasteiger partial charge is 0.279 e. The minimum Gasteiger partial charge on any atom is -0.389 e. The third kappa shape index (κ3) is 6.83. The average molecular weight is 238 g/mol. The van der Waals surface area contributed by atoms with Crippen LogP contribution in [0.4, 0.5) is 0 Å². The van der Waals surface area contributed by atoms with Crippen molar-refractivity contribution in [1.29, 1.82) is 0 Å². The van der Waals surface area contributed by atoms with Crippen molar-refractivity contribution in [2.75, 3.05) is 20.1 Å². The monoisotopic (exact) mass is 238 g/mol. The van der Waals surface area contributed by atoms with E-state index >= 15 is 0 Å². The molecule has 0 spiro atoms. The highest BCUT2D eigenvalue weighted by atomic mass is 32.2. The Hall–Kier alpha value is -0.170. The number of likely N-dealkylation sites (N-methyl/N-ethyl adjacent to an activating group) is 1. The van der Waals surface area contributed by atoms with Crippen LogP contribution >= 0.6 is 0 Å². The number of hydrogen-bond acceptors (Lipinski definition) is 3. The highest BCUT2D eigenvalue weighted by Gasteiger charge is 2.24. The minimum atomic E-state index is -3.47. The molecule has 0 aromatic heterocycles. The molecule has 0 bridgehead atoms. The average Bonchev–Trinajstić information content (AvgIpc) is 1.97. The summed E-state index contributed by atoms with van der Waals surface area (Å²) in [7, 11) is -2.02. The summed E-state index contributed by atoms with van der Waals surface area (Å²) in [5.41, 5.74) is -1.03.